The van der Waals surface area contributed by atoms with Gasteiger partial charge < -0.3 is 15.4 Å². The van der Waals surface area contributed by atoms with Gasteiger partial charge in [0, 0.05) is 26.2 Å². The summed E-state index contributed by atoms with van der Waals surface area (Å²) < 4.78 is 5.89. The molecule has 6 nitrogen and oxygen atoms in total. The molecule has 2 N–H and O–H groups in total. The van der Waals surface area contributed by atoms with E-state index in [1.165, 1.54) is 0 Å². The molecule has 25 heavy (non-hydrogen) atoms. The first-order valence-corrected chi connectivity index (χ1v) is 9.05. The average Bonchev–Trinajstić information content (AvgIpc) is 2.67. The summed E-state index contributed by atoms with van der Waals surface area (Å²) in [5.41, 5.74) is 6.56. The van der Waals surface area contributed by atoms with E-state index in [-0.39, 0.29) is 29.9 Å². The number of primary amides is 1. The summed E-state index contributed by atoms with van der Waals surface area (Å²) >= 11 is 0. The highest BCUT2D eigenvalue weighted by Crippen LogP contribution is 2.24. The number of piperidine rings is 1. The van der Waals surface area contributed by atoms with Crippen LogP contribution < -0.4 is 5.73 Å². The largest absolute Gasteiger partial charge is 0.371 e. The van der Waals surface area contributed by atoms with E-state index < -0.39 is 0 Å². The van der Waals surface area contributed by atoms with E-state index in [1.54, 1.807) is 4.90 Å². The van der Waals surface area contributed by atoms with Crippen molar-refractivity contribution in [1.82, 2.24) is 9.80 Å². The zero-order valence-electron chi connectivity index (χ0n) is 14.8. The van der Waals surface area contributed by atoms with Crippen LogP contribution in [-0.2, 0) is 14.3 Å². The predicted octanol–water partition coefficient (Wildman–Crippen LogP) is 1.17. The lowest BCUT2D eigenvalue weighted by atomic mass is 9.97. The van der Waals surface area contributed by atoms with Gasteiger partial charge in [-0.15, -0.1) is 0 Å². The van der Waals surface area contributed by atoms with Crippen molar-refractivity contribution >= 4 is 11.8 Å². The smallest absolute Gasteiger partial charge is 0.239 e. The Morgan fingerprint density at radius 2 is 1.96 bits per heavy atom. The number of ether oxygens (including phenoxy) is 1. The van der Waals surface area contributed by atoms with Crippen LogP contribution in [0.25, 0.3) is 0 Å². The summed E-state index contributed by atoms with van der Waals surface area (Å²) in [6.45, 7) is 5.16. The number of morpholine rings is 1. The Morgan fingerprint density at radius 1 is 1.20 bits per heavy atom. The molecule has 3 atom stereocenters. The normalized spacial score (nSPS) is 26.2. The first kappa shape index (κ1) is 17.9. The number of likely N-dealkylation sites (tertiary alicyclic amines) is 1. The van der Waals surface area contributed by atoms with Crippen LogP contribution in [0.3, 0.4) is 0 Å². The molecule has 2 aliphatic rings. The molecule has 0 bridgehead atoms. The maximum absolute atomic E-state index is 12.9. The Bertz CT molecular complexity index is 607. The molecule has 1 aromatic carbocycles. The van der Waals surface area contributed by atoms with E-state index in [1.807, 2.05) is 25.1 Å². The number of rotatable bonds is 4. The predicted molar refractivity (Wildman–Crippen MR) is 94.7 cm³/mol. The van der Waals surface area contributed by atoms with Crippen molar-refractivity contribution in [3.05, 3.63) is 35.9 Å². The topological polar surface area (TPSA) is 75.9 Å². The van der Waals surface area contributed by atoms with Gasteiger partial charge in [-0.3, -0.25) is 14.5 Å². The summed E-state index contributed by atoms with van der Waals surface area (Å²) in [7, 11) is 0. The minimum atomic E-state index is -0.305. The number of benzene rings is 1. The fraction of sp³-hybridized carbons (Fsp3) is 0.579. The second kappa shape index (κ2) is 7.97. The Kier molecular flexibility index (Phi) is 5.71. The van der Waals surface area contributed by atoms with Crippen LogP contribution in [0.5, 0.6) is 0 Å². The highest BCUT2D eigenvalue weighted by Gasteiger charge is 2.34. The van der Waals surface area contributed by atoms with Crippen LogP contribution in [0.4, 0.5) is 0 Å². The summed E-state index contributed by atoms with van der Waals surface area (Å²) in [6, 6.07) is 9.89. The van der Waals surface area contributed by atoms with E-state index >= 15 is 0 Å². The molecule has 2 aliphatic heterocycles. The van der Waals surface area contributed by atoms with Gasteiger partial charge in [0.1, 0.15) is 0 Å². The third-order valence-corrected chi connectivity index (χ3v) is 5.31. The van der Waals surface area contributed by atoms with Gasteiger partial charge in [-0.2, -0.15) is 0 Å². The van der Waals surface area contributed by atoms with Crippen LogP contribution >= 0.6 is 0 Å². The summed E-state index contributed by atoms with van der Waals surface area (Å²) in [6.07, 6.45) is 1.60. The van der Waals surface area contributed by atoms with Gasteiger partial charge in [-0.05, 0) is 25.3 Å². The van der Waals surface area contributed by atoms with Gasteiger partial charge in [-0.1, -0.05) is 30.3 Å². The fourth-order valence-corrected chi connectivity index (χ4v) is 3.72. The lowest BCUT2D eigenvalue weighted by molar-refractivity contribution is -0.142. The van der Waals surface area contributed by atoms with Gasteiger partial charge in [0.2, 0.25) is 11.8 Å². The molecule has 0 aromatic heterocycles. The quantitative estimate of drug-likeness (QED) is 0.889. The molecule has 1 aromatic rings. The van der Waals surface area contributed by atoms with E-state index in [2.05, 4.69) is 17.0 Å². The number of amides is 2. The van der Waals surface area contributed by atoms with Gasteiger partial charge in [0.05, 0.1) is 24.7 Å². The summed E-state index contributed by atoms with van der Waals surface area (Å²) in [5, 5.41) is 0. The number of carbonyl (C=O) groups is 2. The van der Waals surface area contributed by atoms with Crippen LogP contribution in [0.15, 0.2) is 30.3 Å². The molecule has 2 heterocycles. The molecule has 0 radical (unpaired) electrons. The molecule has 2 amide bonds. The number of carbonyl (C=O) groups excluding carboxylic acids is 2. The first-order valence-electron chi connectivity index (χ1n) is 9.05. The molecular weight excluding hydrogens is 318 g/mol. The van der Waals surface area contributed by atoms with Gasteiger partial charge in [-0.25, -0.2) is 0 Å². The average molecular weight is 345 g/mol. The number of nitrogens with two attached hydrogens (primary N) is 1. The molecule has 0 unspecified atom stereocenters. The minimum Gasteiger partial charge on any atom is -0.371 e. The van der Waals surface area contributed by atoms with Crippen LogP contribution in [-0.4, -0.2) is 60.4 Å². The van der Waals surface area contributed by atoms with Crippen molar-refractivity contribution in [3.8, 4) is 0 Å². The van der Waals surface area contributed by atoms with Gasteiger partial charge in [0.25, 0.3) is 0 Å². The molecule has 0 spiro atoms. The standard InChI is InChI=1S/C19H27N3O3/c1-14(19(24)22-9-5-8-16(12-22)18(20)23)21-10-11-25-17(13-21)15-6-3-2-4-7-15/h2-4,6-7,14,16-17H,5,8-13H2,1H3,(H2,20,23)/t14-,16+,17-/m1/s1. The number of hydrogen-bond donors (Lipinski definition) is 1. The zero-order chi connectivity index (χ0) is 17.8. The zero-order valence-corrected chi connectivity index (χ0v) is 14.8. The molecule has 2 fully saturated rings. The third kappa shape index (κ3) is 4.19. The molecule has 3 rings (SSSR count). The molecule has 0 saturated carbocycles. The van der Waals surface area contributed by atoms with E-state index in [0.717, 1.165) is 24.9 Å². The second-order valence-electron chi connectivity index (χ2n) is 6.97. The Labute approximate surface area is 148 Å². The van der Waals surface area contributed by atoms with Crippen LogP contribution in [0, 0.1) is 5.92 Å². The lowest BCUT2D eigenvalue weighted by Gasteiger charge is -2.39. The second-order valence-corrected chi connectivity index (χ2v) is 6.97. The van der Waals surface area contributed by atoms with E-state index in [4.69, 9.17) is 10.5 Å². The molecule has 6 heteroatoms. The SMILES string of the molecule is C[C@H](C(=O)N1CCC[C@H](C(N)=O)C1)N1CCO[C@@H](c2ccccc2)C1. The maximum Gasteiger partial charge on any atom is 0.239 e. The van der Waals surface area contributed by atoms with Crippen molar-refractivity contribution < 1.29 is 14.3 Å². The van der Waals surface area contributed by atoms with Crippen LogP contribution in [0.2, 0.25) is 0 Å². The summed E-state index contributed by atoms with van der Waals surface area (Å²) in [5.74, 6) is -0.438. The number of hydrogen-bond acceptors (Lipinski definition) is 4. The van der Waals surface area contributed by atoms with E-state index in [9.17, 15) is 9.59 Å². The fourth-order valence-electron chi connectivity index (χ4n) is 3.72. The lowest BCUT2D eigenvalue weighted by Crippen LogP contribution is -2.54. The Balaban J connectivity index is 1.62. The third-order valence-electron chi connectivity index (χ3n) is 5.31. The highest BCUT2D eigenvalue weighted by molar-refractivity contribution is 5.83. The monoisotopic (exact) mass is 345 g/mol. The minimum absolute atomic E-state index is 0.00933. The Hall–Kier alpha value is -1.92. The Morgan fingerprint density at radius 3 is 2.68 bits per heavy atom. The highest BCUT2D eigenvalue weighted by atomic mass is 16.5. The van der Waals surface area contributed by atoms with E-state index in [0.29, 0.717) is 26.2 Å². The maximum atomic E-state index is 12.9. The van der Waals surface area contributed by atoms with Crippen LogP contribution in [0.1, 0.15) is 31.4 Å². The van der Waals surface area contributed by atoms with Gasteiger partial charge in [0.15, 0.2) is 0 Å². The first-order chi connectivity index (χ1) is 12.1. The molecule has 136 valence electrons. The number of nitrogens with zero attached hydrogens (tertiary/aromatic N) is 2. The van der Waals surface area contributed by atoms with Crippen molar-refractivity contribution in [3.63, 3.8) is 0 Å². The molecule has 2 saturated heterocycles. The van der Waals surface area contributed by atoms with Crippen molar-refractivity contribution in [2.45, 2.75) is 31.9 Å². The molecular formula is C19H27N3O3. The summed E-state index contributed by atoms with van der Waals surface area (Å²) in [4.78, 5) is 28.3. The van der Waals surface area contributed by atoms with Crippen molar-refractivity contribution in [2.24, 2.45) is 11.7 Å². The van der Waals surface area contributed by atoms with Crippen molar-refractivity contribution in [2.75, 3.05) is 32.8 Å². The van der Waals surface area contributed by atoms with Crippen molar-refractivity contribution in [1.29, 1.82) is 0 Å². The molecule has 0 aliphatic carbocycles. The van der Waals surface area contributed by atoms with Gasteiger partial charge >= 0.3 is 0 Å².